The van der Waals surface area contributed by atoms with Crippen LogP contribution >= 0.6 is 11.5 Å². The minimum atomic E-state index is 0.441. The zero-order valence-corrected chi connectivity index (χ0v) is 7.76. The fourth-order valence-corrected chi connectivity index (χ4v) is 1.06. The summed E-state index contributed by atoms with van der Waals surface area (Å²) >= 11 is 1.15. The molecule has 66 valence electrons. The lowest BCUT2D eigenvalue weighted by Gasteiger charge is -1.93. The van der Waals surface area contributed by atoms with Gasteiger partial charge < -0.3 is 10.6 Å². The van der Waals surface area contributed by atoms with E-state index in [4.69, 9.17) is 10.6 Å². The third-order valence-electron chi connectivity index (χ3n) is 1.10. The molecule has 1 aromatic heterocycles. The second-order valence-electron chi connectivity index (χ2n) is 2.05. The summed E-state index contributed by atoms with van der Waals surface area (Å²) in [5, 5.41) is 4.21. The lowest BCUT2D eigenvalue weighted by molar-refractivity contribution is 0.158. The molecule has 1 rings (SSSR count). The summed E-state index contributed by atoms with van der Waals surface area (Å²) in [6.45, 7) is 4.17. The van der Waals surface area contributed by atoms with Gasteiger partial charge in [0.25, 0.3) is 0 Å². The zero-order valence-electron chi connectivity index (χ0n) is 6.94. The van der Waals surface area contributed by atoms with Crippen molar-refractivity contribution < 1.29 is 4.84 Å². The molecule has 0 atom stereocenters. The highest BCUT2D eigenvalue weighted by Crippen LogP contribution is 2.06. The van der Waals surface area contributed by atoms with Crippen molar-refractivity contribution in [2.45, 2.75) is 13.8 Å². The van der Waals surface area contributed by atoms with E-state index in [9.17, 15) is 0 Å². The molecule has 2 N–H and O–H groups in total. The third kappa shape index (κ3) is 2.16. The molecular weight excluding hydrogens is 176 g/mol. The lowest BCUT2D eigenvalue weighted by atomic mass is 10.4. The number of rotatable bonds is 3. The van der Waals surface area contributed by atoms with E-state index in [1.165, 1.54) is 0 Å². The molecular formula is C6H10N4OS. The van der Waals surface area contributed by atoms with Crippen LogP contribution in [0.15, 0.2) is 5.16 Å². The van der Waals surface area contributed by atoms with Crippen LogP contribution in [0.3, 0.4) is 0 Å². The molecule has 0 saturated carbocycles. The number of nitrogen functional groups attached to an aromatic ring is 1. The fraction of sp³-hybridized carbons (Fsp3) is 0.500. The van der Waals surface area contributed by atoms with Gasteiger partial charge in [-0.25, -0.2) is 0 Å². The lowest BCUT2D eigenvalue weighted by Crippen LogP contribution is -1.99. The summed E-state index contributed by atoms with van der Waals surface area (Å²) in [6, 6.07) is 0. The maximum Gasteiger partial charge on any atom is 0.200 e. The number of nitrogens with zero attached hydrogens (tertiary/aromatic N) is 3. The Morgan fingerprint density at radius 2 is 2.50 bits per heavy atom. The summed E-state index contributed by atoms with van der Waals surface area (Å²) in [4.78, 5) is 8.77. The Balaban J connectivity index is 2.70. The molecule has 0 bridgehead atoms. The van der Waals surface area contributed by atoms with E-state index in [-0.39, 0.29) is 0 Å². The molecule has 0 aliphatic heterocycles. The highest BCUT2D eigenvalue weighted by Gasteiger charge is 2.04. The van der Waals surface area contributed by atoms with Crippen molar-refractivity contribution >= 4 is 22.4 Å². The number of anilines is 1. The summed E-state index contributed by atoms with van der Waals surface area (Å²) in [5.74, 6) is 0.533. The van der Waals surface area contributed by atoms with Crippen LogP contribution in [0.2, 0.25) is 0 Å². The van der Waals surface area contributed by atoms with Gasteiger partial charge in [-0.15, -0.1) is 0 Å². The van der Waals surface area contributed by atoms with Crippen LogP contribution < -0.4 is 5.73 Å². The maximum absolute atomic E-state index is 5.39. The molecule has 12 heavy (non-hydrogen) atoms. The van der Waals surface area contributed by atoms with Gasteiger partial charge in [0, 0.05) is 11.5 Å². The van der Waals surface area contributed by atoms with Crippen LogP contribution in [0, 0.1) is 0 Å². The molecule has 0 fully saturated rings. The summed E-state index contributed by atoms with van der Waals surface area (Å²) in [7, 11) is 0. The van der Waals surface area contributed by atoms with Gasteiger partial charge in [-0.2, -0.15) is 9.36 Å². The molecule has 0 aromatic carbocycles. The van der Waals surface area contributed by atoms with Crippen LogP contribution in [-0.2, 0) is 4.84 Å². The Morgan fingerprint density at radius 3 is 3.00 bits per heavy atom. The molecule has 0 amide bonds. The fourth-order valence-electron chi connectivity index (χ4n) is 0.584. The molecule has 0 aliphatic rings. The summed E-state index contributed by atoms with van der Waals surface area (Å²) in [6.07, 6.45) is 0. The van der Waals surface area contributed by atoms with Gasteiger partial charge in [0.2, 0.25) is 0 Å². The molecule has 0 spiro atoms. The van der Waals surface area contributed by atoms with Crippen LogP contribution in [-0.4, -0.2) is 21.7 Å². The molecule has 1 heterocycles. The highest BCUT2D eigenvalue weighted by atomic mass is 32.1. The minimum Gasteiger partial charge on any atom is -0.396 e. The van der Waals surface area contributed by atoms with E-state index in [1.54, 1.807) is 6.92 Å². The molecule has 0 saturated heterocycles. The molecule has 6 heteroatoms. The zero-order chi connectivity index (χ0) is 8.97. The van der Waals surface area contributed by atoms with E-state index >= 15 is 0 Å². The van der Waals surface area contributed by atoms with Gasteiger partial charge in [-0.05, 0) is 13.8 Å². The summed E-state index contributed by atoms with van der Waals surface area (Å²) < 4.78 is 3.96. The Morgan fingerprint density at radius 1 is 1.75 bits per heavy atom. The SMILES string of the molecule is CCO/N=C(\C)c1nsc(N)n1. The second kappa shape index (κ2) is 4.01. The van der Waals surface area contributed by atoms with E-state index in [0.29, 0.717) is 23.3 Å². The van der Waals surface area contributed by atoms with Crippen molar-refractivity contribution in [3.8, 4) is 0 Å². The smallest absolute Gasteiger partial charge is 0.200 e. The van der Waals surface area contributed by atoms with Gasteiger partial charge in [-0.3, -0.25) is 0 Å². The van der Waals surface area contributed by atoms with E-state index in [0.717, 1.165) is 11.5 Å². The van der Waals surface area contributed by atoms with Gasteiger partial charge in [-0.1, -0.05) is 5.16 Å². The Kier molecular flexibility index (Phi) is 2.98. The third-order valence-corrected chi connectivity index (χ3v) is 1.64. The molecule has 0 unspecified atom stereocenters. The van der Waals surface area contributed by atoms with Crippen LogP contribution in [0.5, 0.6) is 0 Å². The molecule has 5 nitrogen and oxygen atoms in total. The minimum absolute atomic E-state index is 0.441. The first kappa shape index (κ1) is 8.92. The first-order valence-electron chi connectivity index (χ1n) is 3.50. The van der Waals surface area contributed by atoms with Crippen molar-refractivity contribution in [3.63, 3.8) is 0 Å². The van der Waals surface area contributed by atoms with Gasteiger partial charge in [0.1, 0.15) is 12.3 Å². The van der Waals surface area contributed by atoms with E-state index in [2.05, 4.69) is 14.5 Å². The number of aromatic nitrogens is 2. The van der Waals surface area contributed by atoms with Crippen LogP contribution in [0.1, 0.15) is 19.7 Å². The average Bonchev–Trinajstić information content (AvgIpc) is 2.47. The van der Waals surface area contributed by atoms with Gasteiger partial charge in [0.15, 0.2) is 11.0 Å². The maximum atomic E-state index is 5.39. The first-order valence-corrected chi connectivity index (χ1v) is 4.27. The predicted molar refractivity (Wildman–Crippen MR) is 48.2 cm³/mol. The van der Waals surface area contributed by atoms with Crippen molar-refractivity contribution in [2.24, 2.45) is 5.16 Å². The first-order chi connectivity index (χ1) is 5.74. The van der Waals surface area contributed by atoms with Crippen LogP contribution in [0.25, 0.3) is 0 Å². The second-order valence-corrected chi connectivity index (χ2v) is 2.83. The standard InChI is InChI=1S/C6H10N4OS/c1-3-11-9-4(2)5-8-6(7)12-10-5/h3H2,1-2H3,(H2,7,8,10)/b9-4+. The number of oxime groups is 1. The predicted octanol–water partition coefficient (Wildman–Crippen LogP) is 0.881. The summed E-state index contributed by atoms with van der Waals surface area (Å²) in [5.41, 5.74) is 6.04. The number of hydrogen-bond donors (Lipinski definition) is 1. The van der Waals surface area contributed by atoms with Crippen molar-refractivity contribution in [1.29, 1.82) is 0 Å². The number of hydrogen-bond acceptors (Lipinski definition) is 6. The van der Waals surface area contributed by atoms with Crippen molar-refractivity contribution in [2.75, 3.05) is 12.3 Å². The largest absolute Gasteiger partial charge is 0.396 e. The van der Waals surface area contributed by atoms with E-state index in [1.807, 2.05) is 6.92 Å². The molecule has 1 aromatic rings. The monoisotopic (exact) mass is 186 g/mol. The quantitative estimate of drug-likeness (QED) is 0.561. The van der Waals surface area contributed by atoms with Crippen molar-refractivity contribution in [3.05, 3.63) is 5.82 Å². The van der Waals surface area contributed by atoms with Gasteiger partial charge >= 0.3 is 0 Å². The Hall–Kier alpha value is -1.17. The normalized spacial score (nSPS) is 11.7. The van der Waals surface area contributed by atoms with Crippen molar-refractivity contribution in [1.82, 2.24) is 9.36 Å². The average molecular weight is 186 g/mol. The topological polar surface area (TPSA) is 73.4 Å². The highest BCUT2D eigenvalue weighted by molar-refractivity contribution is 7.09. The van der Waals surface area contributed by atoms with Gasteiger partial charge in [0.05, 0.1) is 0 Å². The number of nitrogens with two attached hydrogens (primary N) is 1. The Labute approximate surface area is 74.4 Å². The Bertz CT molecular complexity index is 283. The van der Waals surface area contributed by atoms with Crippen LogP contribution in [0.4, 0.5) is 5.13 Å². The molecule has 0 radical (unpaired) electrons. The van der Waals surface area contributed by atoms with E-state index < -0.39 is 0 Å². The molecule has 0 aliphatic carbocycles.